The van der Waals surface area contributed by atoms with E-state index in [0.29, 0.717) is 5.92 Å². The zero-order valence-electron chi connectivity index (χ0n) is 11.9. The molecule has 110 valence electrons. The van der Waals surface area contributed by atoms with Crippen molar-refractivity contribution < 1.29 is 4.39 Å². The van der Waals surface area contributed by atoms with Gasteiger partial charge in [0.25, 0.3) is 0 Å². The molecule has 2 aromatic carbocycles. The summed E-state index contributed by atoms with van der Waals surface area (Å²) in [6.45, 7) is 0. The van der Waals surface area contributed by atoms with E-state index >= 15 is 0 Å². The Labute approximate surface area is 133 Å². The highest BCUT2D eigenvalue weighted by Crippen LogP contribution is 2.38. The monoisotopic (exact) mass is 347 g/mol. The Bertz CT molecular complexity index is 641. The summed E-state index contributed by atoms with van der Waals surface area (Å²) in [5.41, 5.74) is 10.3. The number of hydrogen-bond donors (Lipinski definition) is 1. The summed E-state index contributed by atoms with van der Waals surface area (Å²) >= 11 is 3.42. The Morgan fingerprint density at radius 2 is 2.05 bits per heavy atom. The van der Waals surface area contributed by atoms with Crippen molar-refractivity contribution in [3.8, 4) is 0 Å². The van der Waals surface area contributed by atoms with Crippen LogP contribution in [-0.2, 0) is 6.42 Å². The Hall–Kier alpha value is -1.19. The molecule has 1 aliphatic carbocycles. The van der Waals surface area contributed by atoms with Crippen LogP contribution in [0.15, 0.2) is 46.9 Å². The van der Waals surface area contributed by atoms with Gasteiger partial charge in [0, 0.05) is 10.5 Å². The van der Waals surface area contributed by atoms with E-state index in [9.17, 15) is 4.39 Å². The topological polar surface area (TPSA) is 26.0 Å². The van der Waals surface area contributed by atoms with Crippen LogP contribution in [0.3, 0.4) is 0 Å². The third-order valence-corrected chi connectivity index (χ3v) is 5.08. The molecule has 0 radical (unpaired) electrons. The lowest BCUT2D eigenvalue weighted by Gasteiger charge is -2.28. The van der Waals surface area contributed by atoms with E-state index in [1.807, 2.05) is 0 Å². The second-order valence-electron chi connectivity index (χ2n) is 5.80. The molecule has 3 heteroatoms. The lowest BCUT2D eigenvalue weighted by Crippen LogP contribution is -2.18. The van der Waals surface area contributed by atoms with Gasteiger partial charge in [-0.2, -0.15) is 0 Å². The van der Waals surface area contributed by atoms with Gasteiger partial charge in [-0.1, -0.05) is 46.3 Å². The molecule has 21 heavy (non-hydrogen) atoms. The second kappa shape index (κ2) is 6.29. The summed E-state index contributed by atoms with van der Waals surface area (Å²) in [7, 11) is 0. The zero-order valence-corrected chi connectivity index (χ0v) is 13.4. The average Bonchev–Trinajstić information content (AvgIpc) is 2.47. The van der Waals surface area contributed by atoms with Crippen LogP contribution in [0.5, 0.6) is 0 Å². The van der Waals surface area contributed by atoms with Crippen LogP contribution in [0.2, 0.25) is 0 Å². The molecule has 0 amide bonds. The molecule has 0 aliphatic heterocycles. The van der Waals surface area contributed by atoms with Gasteiger partial charge in [0.1, 0.15) is 5.82 Å². The molecule has 0 saturated heterocycles. The molecular formula is C18H19BrFN. The molecule has 2 atom stereocenters. The molecule has 2 N–H and O–H groups in total. The second-order valence-corrected chi connectivity index (χ2v) is 6.65. The number of nitrogens with two attached hydrogens (primary N) is 1. The van der Waals surface area contributed by atoms with E-state index in [4.69, 9.17) is 5.73 Å². The number of halogens is 2. The molecule has 0 fully saturated rings. The van der Waals surface area contributed by atoms with Gasteiger partial charge in [-0.15, -0.1) is 0 Å². The number of rotatable bonds is 3. The summed E-state index contributed by atoms with van der Waals surface area (Å²) < 4.78 is 14.0. The molecule has 2 unspecified atom stereocenters. The maximum absolute atomic E-state index is 13.2. The Balaban J connectivity index is 1.81. The van der Waals surface area contributed by atoms with E-state index in [2.05, 4.69) is 40.2 Å². The van der Waals surface area contributed by atoms with Crippen molar-refractivity contribution in [1.82, 2.24) is 0 Å². The van der Waals surface area contributed by atoms with Crippen LogP contribution in [0.25, 0.3) is 0 Å². The summed E-state index contributed by atoms with van der Waals surface area (Å²) in [4.78, 5) is 0. The van der Waals surface area contributed by atoms with Crippen molar-refractivity contribution >= 4 is 15.9 Å². The number of hydrogen-bond acceptors (Lipinski definition) is 1. The van der Waals surface area contributed by atoms with E-state index < -0.39 is 0 Å². The van der Waals surface area contributed by atoms with Gasteiger partial charge in [0.15, 0.2) is 0 Å². The van der Waals surface area contributed by atoms with E-state index in [1.54, 1.807) is 6.07 Å². The highest BCUT2D eigenvalue weighted by atomic mass is 79.9. The highest BCUT2D eigenvalue weighted by Gasteiger charge is 2.23. The summed E-state index contributed by atoms with van der Waals surface area (Å²) in [6, 6.07) is 13.4. The Morgan fingerprint density at radius 3 is 2.86 bits per heavy atom. The average molecular weight is 348 g/mol. The maximum Gasteiger partial charge on any atom is 0.124 e. The molecule has 0 heterocycles. The molecule has 2 aromatic rings. The fourth-order valence-electron chi connectivity index (χ4n) is 3.34. The first-order valence-electron chi connectivity index (χ1n) is 7.43. The molecule has 1 nitrogen and oxygen atoms in total. The molecule has 3 rings (SSSR count). The summed E-state index contributed by atoms with van der Waals surface area (Å²) in [6.07, 6.45) is 4.48. The lowest BCUT2D eigenvalue weighted by atomic mass is 9.79. The minimum Gasteiger partial charge on any atom is -0.324 e. The quantitative estimate of drug-likeness (QED) is 0.821. The Morgan fingerprint density at radius 1 is 1.24 bits per heavy atom. The standard InChI is InChI=1S/C18H19BrFN/c19-17-11-14(20)8-9-16(17)18(21)10-13-6-3-5-12-4-1-2-7-15(12)13/h1-2,4,7-9,11,13,18H,3,5-6,10,21H2. The fraction of sp³-hybridized carbons (Fsp3) is 0.333. The van der Waals surface area contributed by atoms with Gasteiger partial charge >= 0.3 is 0 Å². The minimum atomic E-state index is -0.235. The van der Waals surface area contributed by atoms with Crippen molar-refractivity contribution in [2.24, 2.45) is 5.73 Å². The number of benzene rings is 2. The first-order chi connectivity index (χ1) is 10.1. The van der Waals surface area contributed by atoms with Crippen molar-refractivity contribution in [2.75, 3.05) is 0 Å². The maximum atomic E-state index is 13.2. The third-order valence-electron chi connectivity index (χ3n) is 4.39. The highest BCUT2D eigenvalue weighted by molar-refractivity contribution is 9.10. The number of fused-ring (bicyclic) bond motifs is 1. The Kier molecular flexibility index (Phi) is 4.41. The minimum absolute atomic E-state index is 0.0730. The van der Waals surface area contributed by atoms with Gasteiger partial charge in [0.05, 0.1) is 0 Å². The van der Waals surface area contributed by atoms with Crippen molar-refractivity contribution in [3.63, 3.8) is 0 Å². The SMILES string of the molecule is NC(CC1CCCc2ccccc21)c1ccc(F)cc1Br. The van der Waals surface area contributed by atoms with Crippen molar-refractivity contribution in [1.29, 1.82) is 0 Å². The van der Waals surface area contributed by atoms with Crippen LogP contribution in [0.4, 0.5) is 4.39 Å². The van der Waals surface area contributed by atoms with E-state index in [-0.39, 0.29) is 11.9 Å². The van der Waals surface area contributed by atoms with Gasteiger partial charge in [0.2, 0.25) is 0 Å². The zero-order chi connectivity index (χ0) is 14.8. The molecule has 0 bridgehead atoms. The first-order valence-corrected chi connectivity index (χ1v) is 8.23. The third kappa shape index (κ3) is 3.19. The predicted octanol–water partition coefficient (Wildman–Crippen LogP) is 5.10. The first kappa shape index (κ1) is 14.7. The van der Waals surface area contributed by atoms with Crippen LogP contribution >= 0.6 is 15.9 Å². The van der Waals surface area contributed by atoms with Crippen LogP contribution in [-0.4, -0.2) is 0 Å². The largest absolute Gasteiger partial charge is 0.324 e. The molecular weight excluding hydrogens is 329 g/mol. The van der Waals surface area contributed by atoms with E-state index in [1.165, 1.54) is 42.5 Å². The molecule has 1 aliphatic rings. The number of aryl methyl sites for hydroxylation is 1. The smallest absolute Gasteiger partial charge is 0.124 e. The fourth-order valence-corrected chi connectivity index (χ4v) is 3.98. The normalized spacial score (nSPS) is 19.1. The molecule has 0 aromatic heterocycles. The van der Waals surface area contributed by atoms with Crippen LogP contribution < -0.4 is 5.73 Å². The molecule has 0 spiro atoms. The summed E-state index contributed by atoms with van der Waals surface area (Å²) in [5, 5.41) is 0. The van der Waals surface area contributed by atoms with E-state index in [0.717, 1.165) is 16.5 Å². The summed E-state index contributed by atoms with van der Waals surface area (Å²) in [5.74, 6) is 0.266. The predicted molar refractivity (Wildman–Crippen MR) is 87.8 cm³/mol. The van der Waals surface area contributed by atoms with Gasteiger partial charge in [-0.25, -0.2) is 4.39 Å². The van der Waals surface area contributed by atoms with Gasteiger partial charge < -0.3 is 5.73 Å². The van der Waals surface area contributed by atoms with Crippen molar-refractivity contribution in [3.05, 3.63) is 69.4 Å². The lowest BCUT2D eigenvalue weighted by molar-refractivity contribution is 0.475. The van der Waals surface area contributed by atoms with Crippen LogP contribution in [0.1, 0.15) is 47.9 Å². The van der Waals surface area contributed by atoms with Gasteiger partial charge in [-0.3, -0.25) is 0 Å². The van der Waals surface area contributed by atoms with Crippen LogP contribution in [0, 0.1) is 5.82 Å². The molecule has 0 saturated carbocycles. The van der Waals surface area contributed by atoms with Gasteiger partial charge in [-0.05, 0) is 60.4 Å². The van der Waals surface area contributed by atoms with Crippen molar-refractivity contribution in [2.45, 2.75) is 37.6 Å².